The molecule has 0 unspecified atom stereocenters. The third kappa shape index (κ3) is 3.94. The minimum Gasteiger partial charge on any atom is -0.464 e. The van der Waals surface area contributed by atoms with Crippen molar-refractivity contribution in [3.8, 4) is 12.5 Å². The van der Waals surface area contributed by atoms with Crippen LogP contribution in [0.15, 0.2) is 12.3 Å². The molecule has 1 saturated carbocycles. The number of anilines is 2. The molecule has 0 bridgehead atoms. The van der Waals surface area contributed by atoms with Crippen LogP contribution in [0.4, 0.5) is 16.3 Å². The summed E-state index contributed by atoms with van der Waals surface area (Å²) in [5.41, 5.74) is 0.934. The Kier molecular flexibility index (Phi) is 5.80. The second-order valence-corrected chi connectivity index (χ2v) is 9.06. The fourth-order valence-electron chi connectivity index (χ4n) is 5.42. The first-order chi connectivity index (χ1) is 14.8. The molecule has 0 atom stereocenters. The average molecular weight is 427 g/mol. The number of aryl methyl sites for hydroxylation is 1. The summed E-state index contributed by atoms with van der Waals surface area (Å²) in [6.07, 6.45) is 11.2. The van der Waals surface area contributed by atoms with E-state index >= 15 is 0 Å². The highest BCUT2D eigenvalue weighted by Crippen LogP contribution is 2.44. The number of aliphatic hydroxyl groups is 1. The standard InChI is InChI=1S/C23H30N4O4/c1-3-26(22(30)31)18-14-16(2)20(24-15-18)25-11-8-23(9-12-25)10-13-27(21(23)29)17-4-6-19(28)7-5-17/h1,14-15,17,19,28H,4-13H2,2H3,(H,30,31). The van der Waals surface area contributed by atoms with Crippen LogP contribution in [0.3, 0.4) is 0 Å². The van der Waals surface area contributed by atoms with Crippen molar-refractivity contribution in [2.24, 2.45) is 5.41 Å². The number of rotatable bonds is 3. The van der Waals surface area contributed by atoms with Crippen molar-refractivity contribution in [1.29, 1.82) is 0 Å². The minimum atomic E-state index is -1.21. The number of carbonyl (C=O) groups is 2. The van der Waals surface area contributed by atoms with Gasteiger partial charge < -0.3 is 20.0 Å². The lowest BCUT2D eigenvalue weighted by molar-refractivity contribution is -0.139. The highest BCUT2D eigenvalue weighted by atomic mass is 16.4. The van der Waals surface area contributed by atoms with E-state index in [-0.39, 0.29) is 17.6 Å². The maximum Gasteiger partial charge on any atom is 0.423 e. The third-order valence-electron chi connectivity index (χ3n) is 7.29. The Labute approximate surface area is 182 Å². The number of aromatic nitrogens is 1. The summed E-state index contributed by atoms with van der Waals surface area (Å²) in [7, 11) is 0. The molecule has 2 amide bonds. The van der Waals surface area contributed by atoms with Gasteiger partial charge in [-0.25, -0.2) is 14.7 Å². The number of likely N-dealkylation sites (tertiary alicyclic amines) is 1. The summed E-state index contributed by atoms with van der Waals surface area (Å²) in [4.78, 5) is 34.2. The van der Waals surface area contributed by atoms with Crippen molar-refractivity contribution in [2.75, 3.05) is 29.4 Å². The zero-order chi connectivity index (χ0) is 22.2. The second kappa shape index (κ2) is 8.39. The number of piperidine rings is 1. The van der Waals surface area contributed by atoms with Gasteiger partial charge in [-0.05, 0) is 63.5 Å². The quantitative estimate of drug-likeness (QED) is 0.570. The highest BCUT2D eigenvalue weighted by Gasteiger charge is 2.50. The van der Waals surface area contributed by atoms with Crippen molar-refractivity contribution >= 4 is 23.5 Å². The molecule has 1 aromatic heterocycles. The Hall–Kier alpha value is -2.79. The zero-order valence-corrected chi connectivity index (χ0v) is 18.0. The van der Waals surface area contributed by atoms with Gasteiger partial charge in [0.05, 0.1) is 23.4 Å². The van der Waals surface area contributed by atoms with E-state index < -0.39 is 6.09 Å². The Morgan fingerprint density at radius 2 is 1.87 bits per heavy atom. The van der Waals surface area contributed by atoms with Crippen LogP contribution in [0.5, 0.6) is 0 Å². The normalized spacial score (nSPS) is 25.5. The summed E-state index contributed by atoms with van der Waals surface area (Å²) in [6, 6.07) is 4.15. The number of amides is 2. The molecule has 2 saturated heterocycles. The minimum absolute atomic E-state index is 0.212. The van der Waals surface area contributed by atoms with E-state index in [9.17, 15) is 19.8 Å². The van der Waals surface area contributed by atoms with E-state index in [2.05, 4.69) is 20.8 Å². The third-order valence-corrected chi connectivity index (χ3v) is 7.29. The number of pyridine rings is 1. The van der Waals surface area contributed by atoms with Crippen molar-refractivity contribution < 1.29 is 19.8 Å². The molecule has 3 fully saturated rings. The zero-order valence-electron chi connectivity index (χ0n) is 18.0. The van der Waals surface area contributed by atoms with E-state index in [4.69, 9.17) is 6.42 Å². The van der Waals surface area contributed by atoms with Crippen molar-refractivity contribution in [1.82, 2.24) is 9.88 Å². The van der Waals surface area contributed by atoms with Gasteiger partial charge in [0.25, 0.3) is 0 Å². The molecule has 8 heteroatoms. The van der Waals surface area contributed by atoms with E-state index in [1.165, 1.54) is 6.20 Å². The smallest absolute Gasteiger partial charge is 0.423 e. The number of terminal acetylenes is 1. The van der Waals surface area contributed by atoms with Gasteiger partial charge in [-0.1, -0.05) is 6.42 Å². The maximum atomic E-state index is 13.3. The molecular formula is C23H30N4O4. The largest absolute Gasteiger partial charge is 0.464 e. The predicted octanol–water partition coefficient (Wildman–Crippen LogP) is 2.59. The van der Waals surface area contributed by atoms with E-state index in [1.807, 2.05) is 6.92 Å². The Morgan fingerprint density at radius 3 is 2.45 bits per heavy atom. The number of nitrogens with zero attached hydrogens (tertiary/aromatic N) is 4. The molecule has 1 aromatic rings. The van der Waals surface area contributed by atoms with Crippen LogP contribution in [-0.2, 0) is 4.79 Å². The Balaban J connectivity index is 1.41. The van der Waals surface area contributed by atoms with Crippen molar-refractivity contribution in [3.05, 3.63) is 17.8 Å². The van der Waals surface area contributed by atoms with Crippen LogP contribution in [-0.4, -0.2) is 63.9 Å². The molecular weight excluding hydrogens is 396 g/mol. The number of carbonyl (C=O) groups excluding carboxylic acids is 1. The van der Waals surface area contributed by atoms with Crippen LogP contribution in [0, 0.1) is 24.8 Å². The fraction of sp³-hybridized carbons (Fsp3) is 0.609. The van der Waals surface area contributed by atoms with Crippen LogP contribution < -0.4 is 9.80 Å². The average Bonchev–Trinajstić information content (AvgIpc) is 3.06. The van der Waals surface area contributed by atoms with Gasteiger partial charge in [0.1, 0.15) is 5.82 Å². The molecule has 0 radical (unpaired) electrons. The monoisotopic (exact) mass is 426 g/mol. The van der Waals surface area contributed by atoms with Gasteiger partial charge in [-0.15, -0.1) is 0 Å². The van der Waals surface area contributed by atoms with Crippen molar-refractivity contribution in [3.63, 3.8) is 0 Å². The Morgan fingerprint density at radius 1 is 1.23 bits per heavy atom. The summed E-state index contributed by atoms with van der Waals surface area (Å²) in [5, 5.41) is 19.0. The lowest BCUT2D eigenvalue weighted by Crippen LogP contribution is -2.47. The summed E-state index contributed by atoms with van der Waals surface area (Å²) in [6.45, 7) is 4.21. The van der Waals surface area contributed by atoms with Crippen LogP contribution >= 0.6 is 0 Å². The van der Waals surface area contributed by atoms with E-state index in [1.54, 1.807) is 6.07 Å². The molecule has 2 aliphatic heterocycles. The van der Waals surface area contributed by atoms with Crippen molar-refractivity contribution in [2.45, 2.75) is 64.0 Å². The number of aliphatic hydroxyl groups excluding tert-OH is 1. The molecule has 4 rings (SSSR count). The topological polar surface area (TPSA) is 97.2 Å². The molecule has 3 aliphatic rings. The predicted molar refractivity (Wildman–Crippen MR) is 117 cm³/mol. The molecule has 3 heterocycles. The van der Waals surface area contributed by atoms with Gasteiger partial charge in [-0.2, -0.15) is 0 Å². The van der Waals surface area contributed by atoms with Gasteiger partial charge in [-0.3, -0.25) is 4.79 Å². The lowest BCUT2D eigenvalue weighted by Gasteiger charge is -2.40. The SMILES string of the molecule is C#CN(C(=O)O)c1cnc(N2CCC3(CC2)CCN(C2CCC(O)CC2)C3=O)c(C)c1. The van der Waals surface area contributed by atoms with Crippen LogP contribution in [0.1, 0.15) is 50.5 Å². The first-order valence-corrected chi connectivity index (χ1v) is 11.0. The first kappa shape index (κ1) is 21.4. The molecule has 8 nitrogen and oxygen atoms in total. The molecule has 166 valence electrons. The first-order valence-electron chi connectivity index (χ1n) is 11.0. The fourth-order valence-corrected chi connectivity index (χ4v) is 5.42. The van der Waals surface area contributed by atoms with Gasteiger partial charge >= 0.3 is 6.09 Å². The molecule has 1 spiro atoms. The molecule has 0 aromatic carbocycles. The molecule has 2 N–H and O–H groups in total. The summed E-state index contributed by atoms with van der Waals surface area (Å²) in [5.74, 6) is 1.10. The van der Waals surface area contributed by atoms with Crippen LogP contribution in [0.2, 0.25) is 0 Å². The number of hydrogen-bond acceptors (Lipinski definition) is 5. The molecule has 31 heavy (non-hydrogen) atoms. The van der Waals surface area contributed by atoms with Gasteiger partial charge in [0.15, 0.2) is 0 Å². The van der Waals surface area contributed by atoms with E-state index in [0.717, 1.165) is 80.9 Å². The maximum absolute atomic E-state index is 13.3. The molecule has 1 aliphatic carbocycles. The number of carboxylic acid groups (broad SMARTS) is 1. The van der Waals surface area contributed by atoms with Gasteiger partial charge in [0.2, 0.25) is 5.91 Å². The highest BCUT2D eigenvalue weighted by molar-refractivity contribution is 5.89. The number of hydrogen-bond donors (Lipinski definition) is 2. The van der Waals surface area contributed by atoms with Crippen LogP contribution in [0.25, 0.3) is 0 Å². The second-order valence-electron chi connectivity index (χ2n) is 9.06. The lowest BCUT2D eigenvalue weighted by atomic mass is 9.77. The van der Waals surface area contributed by atoms with Gasteiger partial charge in [0, 0.05) is 31.7 Å². The summed E-state index contributed by atoms with van der Waals surface area (Å²) < 4.78 is 0. The van der Waals surface area contributed by atoms with E-state index in [0.29, 0.717) is 11.6 Å². The summed E-state index contributed by atoms with van der Waals surface area (Å²) >= 11 is 0. The Bertz CT molecular complexity index is 895.